The summed E-state index contributed by atoms with van der Waals surface area (Å²) < 4.78 is 0. The lowest BCUT2D eigenvalue weighted by Crippen LogP contribution is -2.29. The van der Waals surface area contributed by atoms with E-state index in [0.717, 1.165) is 19.4 Å². The summed E-state index contributed by atoms with van der Waals surface area (Å²) in [4.78, 5) is 18.8. The van der Waals surface area contributed by atoms with Crippen molar-refractivity contribution in [3.8, 4) is 0 Å². The molecule has 126 valence electrons. The molecule has 1 atom stereocenters. The van der Waals surface area contributed by atoms with E-state index in [0.29, 0.717) is 12.0 Å². The summed E-state index contributed by atoms with van der Waals surface area (Å²) >= 11 is 0. The van der Waals surface area contributed by atoms with Gasteiger partial charge in [0.25, 0.3) is 0 Å². The molecular weight excluding hydrogens is 276 g/mol. The first-order valence-electron chi connectivity index (χ1n) is 7.60. The molecule has 0 aliphatic heterocycles. The molecule has 1 unspecified atom stereocenters. The molecule has 22 heavy (non-hydrogen) atoms. The lowest BCUT2D eigenvalue weighted by atomic mass is 10.2. The van der Waals surface area contributed by atoms with Crippen LogP contribution in [0.5, 0.6) is 0 Å². The zero-order valence-corrected chi connectivity index (χ0v) is 15.2. The van der Waals surface area contributed by atoms with E-state index in [9.17, 15) is 0 Å². The first-order chi connectivity index (χ1) is 10.4. The Kier molecular flexibility index (Phi) is 11.0. The van der Waals surface area contributed by atoms with Gasteiger partial charge in [-0.15, -0.1) is 0 Å². The van der Waals surface area contributed by atoms with Crippen LogP contribution in [0.25, 0.3) is 0 Å². The van der Waals surface area contributed by atoms with Crippen LogP contribution < -0.4 is 0 Å². The van der Waals surface area contributed by atoms with E-state index in [1.807, 2.05) is 44.7 Å². The minimum atomic E-state index is 0.578. The van der Waals surface area contributed by atoms with E-state index in [4.69, 9.17) is 0 Å². The largest absolute Gasteiger partial charge is 0.366 e. The van der Waals surface area contributed by atoms with E-state index in [1.165, 1.54) is 0 Å². The number of rotatable bonds is 8. The topological polar surface area (TPSA) is 46.8 Å². The van der Waals surface area contributed by atoms with E-state index in [1.54, 1.807) is 13.2 Å². The molecule has 0 saturated carbocycles. The molecule has 0 heterocycles. The standard InChI is InChI=1S/C16H32N6/c1-15(20(3)4)10-13-22(7)14-18-11-8-9-12-19-16(17-2)21(5)6/h8,11-12,14-15H,9-10,13H2,1-7H3/b11-8+,17-16?,18-14?,19-12?. The molecule has 0 aromatic rings. The molecule has 0 radical (unpaired) electrons. The average molecular weight is 308 g/mol. The molecule has 6 heteroatoms. The third-order valence-electron chi connectivity index (χ3n) is 3.28. The number of aliphatic imine (C=N–C) groups is 3. The van der Waals surface area contributed by atoms with Crippen LogP contribution in [-0.2, 0) is 0 Å². The second-order valence-electron chi connectivity index (χ2n) is 5.70. The van der Waals surface area contributed by atoms with Crippen molar-refractivity contribution in [1.82, 2.24) is 14.7 Å². The summed E-state index contributed by atoms with van der Waals surface area (Å²) in [6.07, 6.45) is 9.32. The van der Waals surface area contributed by atoms with Gasteiger partial charge in [0.05, 0.1) is 6.34 Å². The summed E-state index contributed by atoms with van der Waals surface area (Å²) in [6.45, 7) is 3.23. The lowest BCUT2D eigenvalue weighted by molar-refractivity contribution is 0.282. The second kappa shape index (κ2) is 11.9. The fourth-order valence-electron chi connectivity index (χ4n) is 1.55. The lowest BCUT2D eigenvalue weighted by Gasteiger charge is -2.22. The number of guanidine groups is 1. The van der Waals surface area contributed by atoms with Crippen molar-refractivity contribution in [3.63, 3.8) is 0 Å². The van der Waals surface area contributed by atoms with Gasteiger partial charge < -0.3 is 14.7 Å². The molecule has 0 amide bonds. The Labute approximate surface area is 135 Å². The summed E-state index contributed by atoms with van der Waals surface area (Å²) in [6, 6.07) is 0.578. The van der Waals surface area contributed by atoms with Gasteiger partial charge in [-0.3, -0.25) is 4.99 Å². The second-order valence-corrected chi connectivity index (χ2v) is 5.70. The zero-order valence-electron chi connectivity index (χ0n) is 15.2. The van der Waals surface area contributed by atoms with Crippen LogP contribution in [0, 0.1) is 0 Å². The maximum Gasteiger partial charge on any atom is 0.219 e. The Bertz CT molecular complexity index is 395. The van der Waals surface area contributed by atoms with Crippen molar-refractivity contribution < 1.29 is 0 Å². The molecule has 0 fully saturated rings. The molecule has 0 saturated heterocycles. The van der Waals surface area contributed by atoms with Crippen molar-refractivity contribution in [2.75, 3.05) is 48.8 Å². The Hall–Kier alpha value is -1.69. The van der Waals surface area contributed by atoms with Crippen LogP contribution in [0.15, 0.2) is 27.3 Å². The average Bonchev–Trinajstić information content (AvgIpc) is 2.46. The van der Waals surface area contributed by atoms with Crippen LogP contribution in [0.4, 0.5) is 0 Å². The molecular formula is C16H32N6. The van der Waals surface area contributed by atoms with E-state index in [2.05, 4.69) is 45.8 Å². The van der Waals surface area contributed by atoms with Crippen molar-refractivity contribution in [3.05, 3.63) is 12.3 Å². The number of allylic oxidation sites excluding steroid dienone is 1. The van der Waals surface area contributed by atoms with Crippen molar-refractivity contribution in [1.29, 1.82) is 0 Å². The van der Waals surface area contributed by atoms with Crippen LogP contribution in [0.1, 0.15) is 19.8 Å². The first kappa shape index (κ1) is 20.3. The fourth-order valence-corrected chi connectivity index (χ4v) is 1.55. The molecule has 0 N–H and O–H groups in total. The predicted molar refractivity (Wildman–Crippen MR) is 98.2 cm³/mol. The molecule has 0 bridgehead atoms. The van der Waals surface area contributed by atoms with Crippen LogP contribution in [0.2, 0.25) is 0 Å². The monoisotopic (exact) mass is 308 g/mol. The van der Waals surface area contributed by atoms with Crippen molar-refractivity contribution in [2.45, 2.75) is 25.8 Å². The minimum Gasteiger partial charge on any atom is -0.366 e. The van der Waals surface area contributed by atoms with Gasteiger partial charge in [0.15, 0.2) is 0 Å². The summed E-state index contributed by atoms with van der Waals surface area (Å²) in [7, 11) is 11.8. The normalized spacial score (nSPS) is 14.6. The molecule has 0 rings (SSSR count). The highest BCUT2D eigenvalue weighted by Gasteiger charge is 2.04. The van der Waals surface area contributed by atoms with E-state index in [-0.39, 0.29) is 0 Å². The van der Waals surface area contributed by atoms with Gasteiger partial charge in [-0.2, -0.15) is 0 Å². The van der Waals surface area contributed by atoms with Gasteiger partial charge in [0.2, 0.25) is 5.96 Å². The van der Waals surface area contributed by atoms with Gasteiger partial charge in [-0.1, -0.05) is 6.08 Å². The Morgan fingerprint density at radius 2 is 1.82 bits per heavy atom. The SMILES string of the molecule is CN=C(N=CC/C=C/N=CN(C)CCC(C)N(C)C)N(C)C. The summed E-state index contributed by atoms with van der Waals surface area (Å²) in [5.41, 5.74) is 0. The maximum atomic E-state index is 4.27. The van der Waals surface area contributed by atoms with Crippen molar-refractivity contribution in [2.24, 2.45) is 15.0 Å². The third kappa shape index (κ3) is 10.1. The molecule has 0 aromatic carbocycles. The van der Waals surface area contributed by atoms with E-state index >= 15 is 0 Å². The molecule has 6 nitrogen and oxygen atoms in total. The van der Waals surface area contributed by atoms with Crippen LogP contribution in [-0.4, -0.2) is 88.1 Å². The number of nitrogens with zero attached hydrogens (tertiary/aromatic N) is 6. The van der Waals surface area contributed by atoms with Crippen LogP contribution >= 0.6 is 0 Å². The van der Waals surface area contributed by atoms with Gasteiger partial charge in [0.1, 0.15) is 0 Å². The van der Waals surface area contributed by atoms with E-state index < -0.39 is 0 Å². The quantitative estimate of drug-likeness (QED) is 0.507. The van der Waals surface area contributed by atoms with Gasteiger partial charge >= 0.3 is 0 Å². The molecule has 0 aliphatic carbocycles. The third-order valence-corrected chi connectivity index (χ3v) is 3.28. The summed E-state index contributed by atoms with van der Waals surface area (Å²) in [5.74, 6) is 0.714. The zero-order chi connectivity index (χ0) is 17.0. The minimum absolute atomic E-state index is 0.578. The maximum absolute atomic E-state index is 4.27. The smallest absolute Gasteiger partial charge is 0.219 e. The highest BCUT2D eigenvalue weighted by atomic mass is 15.2. The number of hydrogen-bond acceptors (Lipinski definition) is 3. The van der Waals surface area contributed by atoms with Gasteiger partial charge in [-0.25, -0.2) is 9.98 Å². The Balaban J connectivity index is 3.99. The van der Waals surface area contributed by atoms with Gasteiger partial charge in [0, 0.05) is 59.6 Å². The van der Waals surface area contributed by atoms with Crippen LogP contribution in [0.3, 0.4) is 0 Å². The molecule has 0 aromatic heterocycles. The van der Waals surface area contributed by atoms with Gasteiger partial charge in [-0.05, 0) is 27.4 Å². The predicted octanol–water partition coefficient (Wildman–Crippen LogP) is 1.81. The summed E-state index contributed by atoms with van der Waals surface area (Å²) in [5, 5.41) is 0. The Morgan fingerprint density at radius 3 is 2.36 bits per heavy atom. The van der Waals surface area contributed by atoms with Crippen molar-refractivity contribution >= 4 is 18.5 Å². The highest BCUT2D eigenvalue weighted by molar-refractivity contribution is 5.87. The fraction of sp³-hybridized carbons (Fsp3) is 0.688. The Morgan fingerprint density at radius 1 is 1.14 bits per heavy atom. The first-order valence-corrected chi connectivity index (χ1v) is 7.60. The molecule has 0 spiro atoms. The molecule has 0 aliphatic rings. The number of hydrogen-bond donors (Lipinski definition) is 0. The highest BCUT2D eigenvalue weighted by Crippen LogP contribution is 1.98.